The summed E-state index contributed by atoms with van der Waals surface area (Å²) in [6.45, 7) is 14.6. The van der Waals surface area contributed by atoms with Crippen molar-refractivity contribution >= 4 is 45.6 Å². The smallest absolute Gasteiger partial charge is 0.192 e. The normalized spacial score (nSPS) is 11.2. The third kappa shape index (κ3) is 5.48. The number of hydrogen-bond donors (Lipinski definition) is 1. The first kappa shape index (κ1) is 23.2. The van der Waals surface area contributed by atoms with Gasteiger partial charge in [0.1, 0.15) is 27.7 Å². The molecule has 0 atom stereocenters. The summed E-state index contributed by atoms with van der Waals surface area (Å²) in [5.41, 5.74) is 11.1. The summed E-state index contributed by atoms with van der Waals surface area (Å²) in [5.74, 6) is 3.13. The molecule has 0 aliphatic carbocycles. The highest BCUT2D eigenvalue weighted by Gasteiger charge is 2.15. The Kier molecular flexibility index (Phi) is 8.04. The van der Waals surface area contributed by atoms with Crippen LogP contribution in [-0.2, 0) is 18.8 Å². The summed E-state index contributed by atoms with van der Waals surface area (Å²) in [4.78, 5) is 23.0. The average molecular weight is 432 g/mol. The summed E-state index contributed by atoms with van der Waals surface area (Å²) in [6.07, 6.45) is 0.762. The first-order chi connectivity index (χ1) is 13.7. The summed E-state index contributed by atoms with van der Waals surface area (Å²) in [6, 6.07) is 0. The van der Waals surface area contributed by atoms with E-state index in [4.69, 9.17) is 5.73 Å². The van der Waals surface area contributed by atoms with E-state index < -0.39 is 0 Å². The molecule has 2 N–H and O–H groups in total. The van der Waals surface area contributed by atoms with Crippen molar-refractivity contribution in [1.29, 1.82) is 0 Å². The molecule has 0 radical (unpaired) electrons. The fraction of sp³-hybridized carbons (Fsp3) is 0.550. The molecule has 3 aromatic rings. The zero-order valence-electron chi connectivity index (χ0n) is 18.1. The Morgan fingerprint density at radius 2 is 1.62 bits per heavy atom. The van der Waals surface area contributed by atoms with Gasteiger partial charge in [-0.2, -0.15) is 4.36 Å². The number of aryl methyl sites for hydroxylation is 1. The number of nitrogen functional groups attached to an aromatic ring is 1. The molecule has 156 valence electrons. The van der Waals surface area contributed by atoms with Gasteiger partial charge < -0.3 is 5.73 Å². The van der Waals surface area contributed by atoms with Crippen molar-refractivity contribution < 1.29 is 0 Å². The molecule has 0 saturated carbocycles. The minimum atomic E-state index is 0.263. The maximum absolute atomic E-state index is 5.83. The van der Waals surface area contributed by atoms with Gasteiger partial charge in [0.05, 0.1) is 16.9 Å². The molecule has 0 unspecified atom stereocenters. The van der Waals surface area contributed by atoms with Crippen molar-refractivity contribution in [2.45, 2.75) is 72.6 Å². The molecule has 0 amide bonds. The van der Waals surface area contributed by atoms with E-state index in [1.54, 1.807) is 11.3 Å². The second kappa shape index (κ2) is 10.1. The Balaban J connectivity index is 0.000000208. The van der Waals surface area contributed by atoms with Gasteiger partial charge in [0, 0.05) is 24.8 Å². The molecule has 0 aliphatic heterocycles. The Labute approximate surface area is 181 Å². The molecule has 7 nitrogen and oxygen atoms in total. The molecule has 0 bridgehead atoms. The second-order valence-electron chi connectivity index (χ2n) is 7.64. The van der Waals surface area contributed by atoms with Crippen LogP contribution in [0.4, 0.5) is 11.5 Å². The zero-order chi connectivity index (χ0) is 21.7. The van der Waals surface area contributed by atoms with E-state index in [0.29, 0.717) is 23.3 Å². The van der Waals surface area contributed by atoms with Crippen LogP contribution in [0.3, 0.4) is 0 Å². The first-order valence-electron chi connectivity index (χ1n) is 9.80. The molecular weight excluding hydrogens is 402 g/mol. The Morgan fingerprint density at radius 1 is 0.966 bits per heavy atom. The number of aromatic nitrogens is 5. The van der Waals surface area contributed by atoms with Crippen LogP contribution in [-0.4, -0.2) is 24.9 Å². The molecule has 0 saturated heterocycles. The van der Waals surface area contributed by atoms with Crippen LogP contribution in [0, 0.1) is 0 Å². The van der Waals surface area contributed by atoms with E-state index >= 15 is 0 Å². The minimum Gasteiger partial charge on any atom is -0.394 e. The van der Waals surface area contributed by atoms with Crippen molar-refractivity contribution in [3.8, 4) is 0 Å². The highest BCUT2D eigenvalue weighted by molar-refractivity contribution is 7.47. The highest BCUT2D eigenvalue weighted by Crippen LogP contribution is 2.27. The third-order valence-electron chi connectivity index (χ3n) is 4.26. The van der Waals surface area contributed by atoms with Crippen LogP contribution in [0.15, 0.2) is 9.87 Å². The number of thiazole rings is 1. The zero-order valence-corrected chi connectivity index (χ0v) is 19.7. The molecule has 3 aromatic heterocycles. The number of nitrogens with two attached hydrogens (primary N) is 1. The van der Waals surface area contributed by atoms with Crippen LogP contribution in [0.2, 0.25) is 0 Å². The number of nitrogens with zero attached hydrogens (tertiary/aromatic N) is 6. The lowest BCUT2D eigenvalue weighted by molar-refractivity contribution is 0.742. The fourth-order valence-corrected chi connectivity index (χ4v) is 3.46. The summed E-state index contributed by atoms with van der Waals surface area (Å²) < 4.78 is 3.63. The number of anilines is 1. The molecular formula is C20H29N7S2. The van der Waals surface area contributed by atoms with E-state index in [-0.39, 0.29) is 5.92 Å². The fourth-order valence-electron chi connectivity index (χ4n) is 2.65. The number of rotatable bonds is 5. The van der Waals surface area contributed by atoms with Crippen LogP contribution in [0.25, 0.3) is 10.3 Å². The topological polar surface area (TPSA) is 103 Å². The lowest BCUT2D eigenvalue weighted by Gasteiger charge is -2.10. The average Bonchev–Trinajstić information content (AvgIpc) is 3.16. The Hall–Kier alpha value is -2.13. The molecule has 3 heterocycles. The van der Waals surface area contributed by atoms with E-state index in [1.807, 2.05) is 26.3 Å². The SMILES string of the molecule is CC(C)c1nc(C(C)C)c2ncsc2n1.CCc1nc(N=S)c(N)c(C(C)C)n1. The predicted molar refractivity (Wildman–Crippen MR) is 123 cm³/mol. The summed E-state index contributed by atoms with van der Waals surface area (Å²) >= 11 is 6.20. The van der Waals surface area contributed by atoms with E-state index in [1.165, 1.54) is 0 Å². The quantitative estimate of drug-likeness (QED) is 0.573. The van der Waals surface area contributed by atoms with Gasteiger partial charge in [-0.05, 0) is 11.8 Å². The van der Waals surface area contributed by atoms with Gasteiger partial charge in [-0.1, -0.05) is 48.5 Å². The van der Waals surface area contributed by atoms with Crippen molar-refractivity contribution in [3.05, 3.63) is 28.5 Å². The van der Waals surface area contributed by atoms with Gasteiger partial charge in [-0.25, -0.2) is 24.9 Å². The van der Waals surface area contributed by atoms with Gasteiger partial charge in [0.15, 0.2) is 5.82 Å². The summed E-state index contributed by atoms with van der Waals surface area (Å²) in [5, 5.41) is 0. The van der Waals surface area contributed by atoms with Gasteiger partial charge in [-0.3, -0.25) is 0 Å². The monoisotopic (exact) mass is 431 g/mol. The summed E-state index contributed by atoms with van der Waals surface area (Å²) in [7, 11) is 0. The van der Waals surface area contributed by atoms with Gasteiger partial charge in [0.25, 0.3) is 0 Å². The van der Waals surface area contributed by atoms with Crippen LogP contribution < -0.4 is 5.73 Å². The van der Waals surface area contributed by atoms with E-state index in [0.717, 1.165) is 39.8 Å². The largest absolute Gasteiger partial charge is 0.394 e. The maximum Gasteiger partial charge on any atom is 0.192 e. The molecule has 0 fully saturated rings. The van der Waals surface area contributed by atoms with Crippen molar-refractivity contribution in [1.82, 2.24) is 24.9 Å². The molecule has 3 rings (SSSR count). The lowest BCUT2D eigenvalue weighted by Crippen LogP contribution is -2.05. The minimum absolute atomic E-state index is 0.263. The van der Waals surface area contributed by atoms with Gasteiger partial charge in [0.2, 0.25) is 0 Å². The Bertz CT molecular complexity index is 980. The van der Waals surface area contributed by atoms with Crippen molar-refractivity contribution in [3.63, 3.8) is 0 Å². The number of hydrogen-bond acceptors (Lipinski definition) is 9. The molecule has 0 aliphatic rings. The highest BCUT2D eigenvalue weighted by atomic mass is 32.1. The first-order valence-corrected chi connectivity index (χ1v) is 11.0. The van der Waals surface area contributed by atoms with Crippen molar-refractivity contribution in [2.75, 3.05) is 5.73 Å². The Morgan fingerprint density at radius 3 is 2.14 bits per heavy atom. The van der Waals surface area contributed by atoms with Crippen LogP contribution in [0.1, 0.15) is 89.3 Å². The third-order valence-corrected chi connectivity index (χ3v) is 5.15. The van der Waals surface area contributed by atoms with E-state index in [2.05, 4.69) is 69.4 Å². The predicted octanol–water partition coefficient (Wildman–Crippen LogP) is 5.44. The maximum atomic E-state index is 5.83. The molecule has 0 spiro atoms. The van der Waals surface area contributed by atoms with Crippen molar-refractivity contribution in [2.24, 2.45) is 4.36 Å². The van der Waals surface area contributed by atoms with Crippen LogP contribution in [0.5, 0.6) is 0 Å². The van der Waals surface area contributed by atoms with Crippen LogP contribution >= 0.6 is 11.3 Å². The lowest BCUT2D eigenvalue weighted by atomic mass is 10.1. The van der Waals surface area contributed by atoms with Gasteiger partial charge >= 0.3 is 0 Å². The standard InChI is InChI=1S/C11H15N3S.C9H14N4S/c1-6(2)8-9-11(15-5-12-9)14-10(13-8)7(3)4;1-4-6-11-8(5(2)3)7(10)9(12-6)13-14/h5-7H,1-4H3;5H,4,10H2,1-3H3. The second-order valence-corrected chi connectivity index (χ2v) is 8.66. The number of fused-ring (bicyclic) bond motifs is 1. The van der Waals surface area contributed by atoms with Gasteiger partial charge in [-0.15, -0.1) is 11.3 Å². The molecule has 0 aromatic carbocycles. The molecule has 29 heavy (non-hydrogen) atoms. The van der Waals surface area contributed by atoms with E-state index in [9.17, 15) is 0 Å². The molecule has 9 heteroatoms.